The third-order valence-corrected chi connectivity index (χ3v) is 7.11. The fourth-order valence-electron chi connectivity index (χ4n) is 3.19. The highest BCUT2D eigenvalue weighted by Crippen LogP contribution is 2.24. The van der Waals surface area contributed by atoms with Crippen LogP contribution in [-0.4, -0.2) is 63.9 Å². The van der Waals surface area contributed by atoms with Crippen molar-refractivity contribution in [2.45, 2.75) is 44.0 Å². The molecular weight excluding hydrogens is 380 g/mol. The summed E-state index contributed by atoms with van der Waals surface area (Å²) in [7, 11) is -2.12. The Kier molecular flexibility index (Phi) is 6.84. The Morgan fingerprint density at radius 1 is 1.11 bits per heavy atom. The van der Waals surface area contributed by atoms with E-state index in [1.807, 2.05) is 12.1 Å². The predicted molar refractivity (Wildman–Crippen MR) is 107 cm³/mol. The first-order valence-corrected chi connectivity index (χ1v) is 10.9. The molecule has 1 aromatic carbocycles. The van der Waals surface area contributed by atoms with Gasteiger partial charge in [0.15, 0.2) is 6.04 Å². The van der Waals surface area contributed by atoms with Gasteiger partial charge in [0.2, 0.25) is 10.0 Å². The SMILES string of the molecule is CNC(=O)NC(=O)[C@@H](C)[NH+]1CCN(S(=O)(=O)c2ccc(C(C)(C)C)cc2)CC1. The van der Waals surface area contributed by atoms with Crippen molar-refractivity contribution in [3.05, 3.63) is 29.8 Å². The summed E-state index contributed by atoms with van der Waals surface area (Å²) in [5, 5.41) is 4.61. The first kappa shape index (κ1) is 22.3. The Morgan fingerprint density at radius 3 is 2.11 bits per heavy atom. The van der Waals surface area contributed by atoms with Crippen LogP contribution >= 0.6 is 0 Å². The lowest BCUT2D eigenvalue weighted by molar-refractivity contribution is -0.917. The van der Waals surface area contributed by atoms with Gasteiger partial charge in [-0.25, -0.2) is 13.2 Å². The monoisotopic (exact) mass is 411 g/mol. The van der Waals surface area contributed by atoms with Crippen LogP contribution in [0.3, 0.4) is 0 Å². The molecule has 0 aliphatic carbocycles. The van der Waals surface area contributed by atoms with Gasteiger partial charge in [-0.1, -0.05) is 32.9 Å². The van der Waals surface area contributed by atoms with Gasteiger partial charge in [0.05, 0.1) is 31.1 Å². The van der Waals surface area contributed by atoms with Crippen LogP contribution in [0.2, 0.25) is 0 Å². The zero-order valence-electron chi connectivity index (χ0n) is 17.2. The Hall–Kier alpha value is -1.97. The van der Waals surface area contributed by atoms with E-state index in [4.69, 9.17) is 0 Å². The van der Waals surface area contributed by atoms with E-state index < -0.39 is 22.1 Å². The van der Waals surface area contributed by atoms with Crippen LogP contribution in [0.1, 0.15) is 33.3 Å². The Labute approximate surface area is 167 Å². The van der Waals surface area contributed by atoms with Gasteiger partial charge in [0.25, 0.3) is 5.91 Å². The molecular formula is C19H31N4O4S+. The van der Waals surface area contributed by atoms with Crippen LogP contribution < -0.4 is 15.5 Å². The van der Waals surface area contributed by atoms with E-state index in [1.54, 1.807) is 19.1 Å². The number of piperazine rings is 1. The fraction of sp³-hybridized carbons (Fsp3) is 0.579. The molecule has 0 bridgehead atoms. The van der Waals surface area contributed by atoms with E-state index in [-0.39, 0.29) is 16.2 Å². The standard InChI is InChI=1S/C19H30N4O4S/c1-14(17(24)21-18(25)20-5)22-10-12-23(13-11-22)28(26,27)16-8-6-15(7-9-16)19(2,3)4/h6-9,14H,10-13H2,1-5H3,(H2,20,21,24,25)/p+1/t14-/m1/s1. The van der Waals surface area contributed by atoms with E-state index in [0.29, 0.717) is 26.2 Å². The highest BCUT2D eigenvalue weighted by atomic mass is 32.2. The summed E-state index contributed by atoms with van der Waals surface area (Å²) in [6.07, 6.45) is 0. The molecule has 28 heavy (non-hydrogen) atoms. The highest BCUT2D eigenvalue weighted by Gasteiger charge is 2.34. The number of imide groups is 1. The molecule has 0 radical (unpaired) electrons. The average Bonchev–Trinajstić information content (AvgIpc) is 2.66. The van der Waals surface area contributed by atoms with Crippen molar-refractivity contribution in [2.24, 2.45) is 0 Å². The van der Waals surface area contributed by atoms with E-state index in [0.717, 1.165) is 10.5 Å². The molecule has 1 saturated heterocycles. The molecule has 8 nitrogen and oxygen atoms in total. The number of quaternary nitrogens is 1. The number of nitrogens with one attached hydrogen (secondary N) is 3. The van der Waals surface area contributed by atoms with Gasteiger partial charge >= 0.3 is 6.03 Å². The van der Waals surface area contributed by atoms with Gasteiger partial charge in [-0.3, -0.25) is 10.1 Å². The molecule has 3 N–H and O–H groups in total. The van der Waals surface area contributed by atoms with Crippen LogP contribution in [-0.2, 0) is 20.2 Å². The van der Waals surface area contributed by atoms with Crippen LogP contribution in [0, 0.1) is 0 Å². The number of hydrogen-bond acceptors (Lipinski definition) is 4. The van der Waals surface area contributed by atoms with Crippen LogP contribution in [0.15, 0.2) is 29.2 Å². The minimum Gasteiger partial charge on any atom is -0.341 e. The number of benzene rings is 1. The third kappa shape index (κ3) is 5.09. The van der Waals surface area contributed by atoms with Crippen LogP contribution in [0.5, 0.6) is 0 Å². The van der Waals surface area contributed by atoms with Crippen molar-refractivity contribution in [1.29, 1.82) is 0 Å². The van der Waals surface area contributed by atoms with E-state index in [9.17, 15) is 18.0 Å². The molecule has 156 valence electrons. The van der Waals surface area contributed by atoms with Crippen molar-refractivity contribution in [2.75, 3.05) is 33.2 Å². The molecule has 1 aliphatic heterocycles. The van der Waals surface area contributed by atoms with Gasteiger partial charge in [-0.05, 0) is 30.0 Å². The van der Waals surface area contributed by atoms with Crippen molar-refractivity contribution >= 4 is 22.0 Å². The Bertz CT molecular complexity index is 807. The van der Waals surface area contributed by atoms with E-state index >= 15 is 0 Å². The van der Waals surface area contributed by atoms with Crippen molar-refractivity contribution in [1.82, 2.24) is 14.9 Å². The largest absolute Gasteiger partial charge is 0.341 e. The molecule has 1 aliphatic rings. The minimum atomic E-state index is -3.56. The van der Waals surface area contributed by atoms with Gasteiger partial charge in [-0.15, -0.1) is 0 Å². The summed E-state index contributed by atoms with van der Waals surface area (Å²) in [6.45, 7) is 9.65. The molecule has 2 rings (SSSR count). The fourth-order valence-corrected chi connectivity index (χ4v) is 4.63. The average molecular weight is 412 g/mol. The maximum Gasteiger partial charge on any atom is 0.321 e. The first-order valence-electron chi connectivity index (χ1n) is 9.44. The summed E-state index contributed by atoms with van der Waals surface area (Å²) in [5.41, 5.74) is 1.04. The number of carbonyl (C=O) groups is 2. The van der Waals surface area contributed by atoms with Crippen molar-refractivity contribution in [3.8, 4) is 0 Å². The van der Waals surface area contributed by atoms with E-state index in [2.05, 4.69) is 31.4 Å². The smallest absolute Gasteiger partial charge is 0.321 e. The van der Waals surface area contributed by atoms with Gasteiger partial charge in [-0.2, -0.15) is 4.31 Å². The van der Waals surface area contributed by atoms with Gasteiger partial charge in [0, 0.05) is 7.05 Å². The predicted octanol–water partition coefficient (Wildman–Crippen LogP) is -0.283. The normalized spacial score (nSPS) is 17.8. The van der Waals surface area contributed by atoms with Crippen LogP contribution in [0.25, 0.3) is 0 Å². The Morgan fingerprint density at radius 2 is 1.64 bits per heavy atom. The lowest BCUT2D eigenvalue weighted by atomic mass is 9.87. The second kappa shape index (κ2) is 8.59. The number of nitrogens with zero attached hydrogens (tertiary/aromatic N) is 1. The highest BCUT2D eigenvalue weighted by molar-refractivity contribution is 7.89. The second-order valence-corrected chi connectivity index (χ2v) is 10.1. The molecule has 0 unspecified atom stereocenters. The molecule has 0 saturated carbocycles. The lowest BCUT2D eigenvalue weighted by Gasteiger charge is -2.34. The molecule has 9 heteroatoms. The molecule has 3 amide bonds. The van der Waals surface area contributed by atoms with Crippen molar-refractivity contribution < 1.29 is 22.9 Å². The summed E-state index contributed by atoms with van der Waals surface area (Å²) in [4.78, 5) is 24.6. The number of urea groups is 1. The summed E-state index contributed by atoms with van der Waals surface area (Å²) in [6, 6.07) is 6.06. The zero-order chi connectivity index (χ0) is 21.1. The number of carbonyl (C=O) groups excluding carboxylic acids is 2. The number of amides is 3. The summed E-state index contributed by atoms with van der Waals surface area (Å²) >= 11 is 0. The number of sulfonamides is 1. The molecule has 1 fully saturated rings. The topological polar surface area (TPSA) is 100 Å². The zero-order valence-corrected chi connectivity index (χ0v) is 18.0. The maximum absolute atomic E-state index is 12.9. The van der Waals surface area contributed by atoms with Crippen LogP contribution in [0.4, 0.5) is 4.79 Å². The Balaban J connectivity index is 2.01. The van der Waals surface area contributed by atoms with Gasteiger partial charge in [0.1, 0.15) is 0 Å². The maximum atomic E-state index is 12.9. The van der Waals surface area contributed by atoms with Gasteiger partial charge < -0.3 is 10.2 Å². The molecule has 1 heterocycles. The third-order valence-electron chi connectivity index (χ3n) is 5.19. The molecule has 1 atom stereocenters. The minimum absolute atomic E-state index is 0.0390. The summed E-state index contributed by atoms with van der Waals surface area (Å²) < 4.78 is 27.3. The van der Waals surface area contributed by atoms with E-state index in [1.165, 1.54) is 11.4 Å². The van der Waals surface area contributed by atoms with Crippen molar-refractivity contribution in [3.63, 3.8) is 0 Å². The number of rotatable bonds is 4. The summed E-state index contributed by atoms with van der Waals surface area (Å²) in [5.74, 6) is -0.372. The molecule has 0 spiro atoms. The lowest BCUT2D eigenvalue weighted by Crippen LogP contribution is -3.19. The number of hydrogen-bond donors (Lipinski definition) is 3. The quantitative estimate of drug-likeness (QED) is 0.634. The molecule has 1 aromatic rings. The molecule has 0 aromatic heterocycles. The first-order chi connectivity index (χ1) is 13.0. The second-order valence-electron chi connectivity index (χ2n) is 8.13.